The van der Waals surface area contributed by atoms with Crippen molar-refractivity contribution in [1.82, 2.24) is 14.7 Å². The smallest absolute Gasteiger partial charge is 0.341 e. The first kappa shape index (κ1) is 33.4. The Bertz CT molecular complexity index is 1390. The van der Waals surface area contributed by atoms with E-state index in [0.717, 1.165) is 5.56 Å². The van der Waals surface area contributed by atoms with E-state index < -0.39 is 58.1 Å². The SMILES string of the molecule is Cc1cc(F)ccc1[C@H]1CN(CCN2C(=O)CCC2=O)CC[C@@H]1N(C)C(=O)C(C)(C)c1cc(C(F)(F)F)cc(C(F)(F)F)c1. The molecule has 2 saturated heterocycles. The molecule has 2 aliphatic heterocycles. The number of likely N-dealkylation sites (N-methyl/N-ethyl adjacent to an activating group) is 1. The van der Waals surface area contributed by atoms with Crippen LogP contribution in [0.5, 0.6) is 0 Å². The number of likely N-dealkylation sites (tertiary alicyclic amines) is 2. The normalized spacial score (nSPS) is 20.4. The van der Waals surface area contributed by atoms with Gasteiger partial charge in [-0.25, -0.2) is 4.39 Å². The maximum absolute atomic E-state index is 14.0. The second kappa shape index (κ2) is 12.1. The fraction of sp³-hybridized carbons (Fsp3) is 0.516. The molecule has 0 spiro atoms. The molecule has 0 aliphatic carbocycles. The number of alkyl halides is 6. The lowest BCUT2D eigenvalue weighted by atomic mass is 9.78. The van der Waals surface area contributed by atoms with E-state index in [1.54, 1.807) is 13.0 Å². The van der Waals surface area contributed by atoms with E-state index in [9.17, 15) is 45.1 Å². The van der Waals surface area contributed by atoms with Crippen LogP contribution in [0.25, 0.3) is 0 Å². The molecule has 2 aromatic carbocycles. The number of hydrogen-bond acceptors (Lipinski definition) is 4. The molecular formula is C31H34F7N3O3. The van der Waals surface area contributed by atoms with Crippen LogP contribution in [0.4, 0.5) is 30.7 Å². The Morgan fingerprint density at radius 3 is 1.95 bits per heavy atom. The number of carbonyl (C=O) groups excluding carboxylic acids is 3. The Kier molecular flexibility index (Phi) is 9.21. The minimum Gasteiger partial charge on any atom is -0.341 e. The summed E-state index contributed by atoms with van der Waals surface area (Å²) < 4.78 is 95.5. The summed E-state index contributed by atoms with van der Waals surface area (Å²) in [5.74, 6) is -2.04. The second-order valence-corrected chi connectivity index (χ2v) is 12.0. The lowest BCUT2D eigenvalue weighted by Crippen LogP contribution is -2.54. The van der Waals surface area contributed by atoms with Gasteiger partial charge in [0.05, 0.1) is 16.5 Å². The van der Waals surface area contributed by atoms with Crippen LogP contribution < -0.4 is 0 Å². The predicted molar refractivity (Wildman–Crippen MR) is 147 cm³/mol. The van der Waals surface area contributed by atoms with Gasteiger partial charge in [-0.3, -0.25) is 19.3 Å². The third-order valence-corrected chi connectivity index (χ3v) is 8.75. The molecule has 4 rings (SSSR count). The third-order valence-electron chi connectivity index (χ3n) is 8.75. The summed E-state index contributed by atoms with van der Waals surface area (Å²) in [6.07, 6.45) is -9.43. The van der Waals surface area contributed by atoms with Gasteiger partial charge in [0.2, 0.25) is 17.7 Å². The molecule has 0 bridgehead atoms. The number of nitrogens with zero attached hydrogens (tertiary/aromatic N) is 3. The monoisotopic (exact) mass is 629 g/mol. The van der Waals surface area contributed by atoms with Crippen molar-refractivity contribution in [2.24, 2.45) is 0 Å². The first-order valence-electron chi connectivity index (χ1n) is 14.2. The van der Waals surface area contributed by atoms with E-state index in [2.05, 4.69) is 0 Å². The summed E-state index contributed by atoms with van der Waals surface area (Å²) in [5.41, 5.74) is -3.87. The van der Waals surface area contributed by atoms with Gasteiger partial charge in [-0.05, 0) is 74.2 Å². The minimum absolute atomic E-state index is 0.0279. The van der Waals surface area contributed by atoms with Crippen molar-refractivity contribution in [1.29, 1.82) is 0 Å². The second-order valence-electron chi connectivity index (χ2n) is 12.0. The molecule has 2 fully saturated rings. The maximum atomic E-state index is 14.0. The van der Waals surface area contributed by atoms with Gasteiger partial charge in [-0.15, -0.1) is 0 Å². The quantitative estimate of drug-likeness (QED) is 0.282. The molecule has 2 aliphatic rings. The number of amides is 3. The van der Waals surface area contributed by atoms with Crippen molar-refractivity contribution >= 4 is 17.7 Å². The van der Waals surface area contributed by atoms with Gasteiger partial charge in [-0.1, -0.05) is 6.07 Å². The summed E-state index contributed by atoms with van der Waals surface area (Å²) in [7, 11) is 1.47. The van der Waals surface area contributed by atoms with E-state index in [4.69, 9.17) is 0 Å². The number of imide groups is 1. The highest BCUT2D eigenvalue weighted by Crippen LogP contribution is 2.41. The van der Waals surface area contributed by atoms with Crippen LogP contribution in [-0.2, 0) is 32.2 Å². The maximum Gasteiger partial charge on any atom is 0.416 e. The largest absolute Gasteiger partial charge is 0.416 e. The molecule has 44 heavy (non-hydrogen) atoms. The minimum atomic E-state index is -5.07. The van der Waals surface area contributed by atoms with Crippen molar-refractivity contribution in [2.75, 3.05) is 33.2 Å². The number of rotatable bonds is 7. The Balaban J connectivity index is 1.64. The van der Waals surface area contributed by atoms with Crippen molar-refractivity contribution in [2.45, 2.75) is 69.8 Å². The first-order chi connectivity index (χ1) is 20.3. The summed E-state index contributed by atoms with van der Waals surface area (Å²) in [6.45, 7) is 5.65. The Morgan fingerprint density at radius 2 is 1.43 bits per heavy atom. The number of piperidine rings is 1. The van der Waals surface area contributed by atoms with Crippen LogP contribution in [0.3, 0.4) is 0 Å². The van der Waals surface area contributed by atoms with Crippen molar-refractivity contribution < 1.29 is 45.1 Å². The number of benzene rings is 2. The number of aryl methyl sites for hydroxylation is 1. The summed E-state index contributed by atoms with van der Waals surface area (Å²) in [5, 5.41) is 0. The molecular weight excluding hydrogens is 595 g/mol. The lowest BCUT2D eigenvalue weighted by Gasteiger charge is -2.45. The molecule has 2 atom stereocenters. The predicted octanol–water partition coefficient (Wildman–Crippen LogP) is 5.91. The average Bonchev–Trinajstić information content (AvgIpc) is 3.26. The van der Waals surface area contributed by atoms with Crippen molar-refractivity contribution in [3.05, 3.63) is 70.0 Å². The van der Waals surface area contributed by atoms with Gasteiger partial charge < -0.3 is 9.80 Å². The molecule has 0 saturated carbocycles. The van der Waals surface area contributed by atoms with Crippen LogP contribution in [0.2, 0.25) is 0 Å². The Morgan fingerprint density at radius 1 is 0.886 bits per heavy atom. The standard InChI is InChI=1S/C31H34F7N3O3/c1-18-13-22(32)5-6-23(18)24-17-40(11-12-41-26(42)7-8-27(41)43)10-9-25(24)39(4)28(44)29(2,3)19-14-20(30(33,34)35)16-21(15-19)31(36,37)38/h5-6,13-16,24-25H,7-12,17H2,1-4H3/t24-,25+/m1/s1. The number of carbonyl (C=O) groups is 3. The zero-order valence-corrected chi connectivity index (χ0v) is 24.8. The van der Waals surface area contributed by atoms with E-state index in [1.165, 1.54) is 42.8 Å². The first-order valence-corrected chi connectivity index (χ1v) is 14.2. The zero-order chi connectivity index (χ0) is 32.8. The van der Waals surface area contributed by atoms with Crippen LogP contribution in [0, 0.1) is 12.7 Å². The molecule has 13 heteroatoms. The summed E-state index contributed by atoms with van der Waals surface area (Å²) in [4.78, 5) is 42.7. The summed E-state index contributed by atoms with van der Waals surface area (Å²) in [6, 6.07) is 4.88. The molecule has 240 valence electrons. The van der Waals surface area contributed by atoms with Gasteiger partial charge in [0.15, 0.2) is 0 Å². The molecule has 2 heterocycles. The van der Waals surface area contributed by atoms with E-state index in [-0.39, 0.29) is 37.3 Å². The fourth-order valence-electron chi connectivity index (χ4n) is 6.18. The highest BCUT2D eigenvalue weighted by atomic mass is 19.4. The summed E-state index contributed by atoms with van der Waals surface area (Å²) >= 11 is 0. The van der Waals surface area contributed by atoms with E-state index >= 15 is 0 Å². The van der Waals surface area contributed by atoms with Crippen molar-refractivity contribution in [3.8, 4) is 0 Å². The van der Waals surface area contributed by atoms with Gasteiger partial charge in [0.1, 0.15) is 5.82 Å². The zero-order valence-electron chi connectivity index (χ0n) is 24.8. The van der Waals surface area contributed by atoms with Gasteiger partial charge in [0.25, 0.3) is 0 Å². The van der Waals surface area contributed by atoms with Gasteiger partial charge in [-0.2, -0.15) is 26.3 Å². The van der Waals surface area contributed by atoms with E-state index in [0.29, 0.717) is 43.8 Å². The van der Waals surface area contributed by atoms with Gasteiger partial charge in [0, 0.05) is 58.0 Å². The Labute approximate surface area is 250 Å². The lowest BCUT2D eigenvalue weighted by molar-refractivity contribution is -0.144. The molecule has 0 aromatic heterocycles. The highest BCUT2D eigenvalue weighted by Gasteiger charge is 2.44. The van der Waals surface area contributed by atoms with E-state index in [1.807, 2.05) is 4.90 Å². The van der Waals surface area contributed by atoms with Crippen molar-refractivity contribution in [3.63, 3.8) is 0 Å². The molecule has 6 nitrogen and oxygen atoms in total. The molecule has 0 N–H and O–H groups in total. The van der Waals surface area contributed by atoms with Crippen LogP contribution in [0.1, 0.15) is 66.8 Å². The third kappa shape index (κ3) is 6.92. The van der Waals surface area contributed by atoms with Crippen LogP contribution >= 0.6 is 0 Å². The number of halogens is 7. The fourth-order valence-corrected chi connectivity index (χ4v) is 6.18. The highest BCUT2D eigenvalue weighted by molar-refractivity contribution is 6.01. The number of hydrogen-bond donors (Lipinski definition) is 0. The topological polar surface area (TPSA) is 60.9 Å². The molecule has 0 radical (unpaired) electrons. The molecule has 3 amide bonds. The van der Waals surface area contributed by atoms with Crippen LogP contribution in [0.15, 0.2) is 36.4 Å². The van der Waals surface area contributed by atoms with Crippen LogP contribution in [-0.4, -0.2) is 71.7 Å². The Hall–Kier alpha value is -3.48. The average molecular weight is 630 g/mol. The molecule has 2 aromatic rings. The molecule has 0 unspecified atom stereocenters. The van der Waals surface area contributed by atoms with Gasteiger partial charge >= 0.3 is 12.4 Å².